The Morgan fingerprint density at radius 2 is 2.06 bits per heavy atom. The molecule has 0 radical (unpaired) electrons. The number of amides is 1. The van der Waals surface area contributed by atoms with Gasteiger partial charge in [-0.15, -0.1) is 11.3 Å². The summed E-state index contributed by atoms with van der Waals surface area (Å²) in [6, 6.07) is 0.279. The van der Waals surface area contributed by atoms with Crippen LogP contribution in [0.15, 0.2) is 9.95 Å². The minimum atomic E-state index is -0.311. The van der Waals surface area contributed by atoms with Crippen LogP contribution in [0.4, 0.5) is 0 Å². The van der Waals surface area contributed by atoms with Crippen LogP contribution < -0.4 is 10.9 Å². The summed E-state index contributed by atoms with van der Waals surface area (Å²) < 4.78 is 7.58. The number of carbonyl (C=O) groups is 1. The first kappa shape index (κ1) is 22.8. The quantitative estimate of drug-likeness (QED) is 0.485. The Morgan fingerprint density at radius 3 is 2.74 bits per heavy atom. The van der Waals surface area contributed by atoms with Crippen LogP contribution in [0.5, 0.6) is 0 Å². The van der Waals surface area contributed by atoms with Crippen LogP contribution in [0, 0.1) is 6.92 Å². The number of thioether (sulfide) groups is 1. The number of aromatic nitrogens is 2. The van der Waals surface area contributed by atoms with Gasteiger partial charge in [-0.05, 0) is 51.5 Å². The van der Waals surface area contributed by atoms with E-state index in [9.17, 15) is 9.59 Å². The van der Waals surface area contributed by atoms with Crippen molar-refractivity contribution in [2.24, 2.45) is 0 Å². The third-order valence-electron chi connectivity index (χ3n) is 6.44. The molecule has 0 bridgehead atoms. The molecule has 1 N–H and O–H groups in total. The molecule has 1 amide bonds. The molecular formula is C23H33N3O3S2. The Labute approximate surface area is 192 Å². The maximum absolute atomic E-state index is 13.6. The number of fused-ring (bicyclic) bond motifs is 1. The van der Waals surface area contributed by atoms with Crippen molar-refractivity contribution < 1.29 is 9.53 Å². The molecule has 31 heavy (non-hydrogen) atoms. The van der Waals surface area contributed by atoms with E-state index in [1.165, 1.54) is 31.0 Å². The minimum Gasteiger partial charge on any atom is -0.376 e. The molecule has 4 rings (SSSR count). The predicted octanol–water partition coefficient (Wildman–Crippen LogP) is 4.44. The largest absolute Gasteiger partial charge is 0.376 e. The fourth-order valence-corrected chi connectivity index (χ4v) is 6.76. The number of carbonyl (C=O) groups excluding carboxylic acids is 1. The van der Waals surface area contributed by atoms with Crippen molar-refractivity contribution >= 4 is 39.2 Å². The summed E-state index contributed by atoms with van der Waals surface area (Å²) >= 11 is 2.97. The fourth-order valence-electron chi connectivity index (χ4n) is 4.68. The highest BCUT2D eigenvalue weighted by Crippen LogP contribution is 2.31. The van der Waals surface area contributed by atoms with Crippen LogP contribution in [-0.2, 0) is 22.5 Å². The summed E-state index contributed by atoms with van der Waals surface area (Å²) in [5.41, 5.74) is 1.10. The predicted molar refractivity (Wildman–Crippen MR) is 127 cm³/mol. The Morgan fingerprint density at radius 1 is 1.29 bits per heavy atom. The molecule has 2 aromatic heterocycles. The van der Waals surface area contributed by atoms with Gasteiger partial charge in [-0.25, -0.2) is 4.98 Å². The monoisotopic (exact) mass is 463 g/mol. The second-order valence-electron chi connectivity index (χ2n) is 8.72. The SMILES string of the molecule is CCc1c(C)sc2nc(S[C@H](C)C(=O)NC3CCCCC3)n(C[C@H]3CCCO3)c(=O)c12. The third kappa shape index (κ3) is 5.01. The van der Waals surface area contributed by atoms with Crippen LogP contribution in [0.2, 0.25) is 0 Å². The molecule has 1 saturated carbocycles. The van der Waals surface area contributed by atoms with E-state index in [-0.39, 0.29) is 28.9 Å². The Kier molecular flexibility index (Phi) is 7.39. The van der Waals surface area contributed by atoms with Crippen molar-refractivity contribution in [3.05, 3.63) is 20.8 Å². The maximum Gasteiger partial charge on any atom is 0.263 e. The zero-order chi connectivity index (χ0) is 22.0. The molecule has 170 valence electrons. The molecule has 2 aromatic rings. The van der Waals surface area contributed by atoms with E-state index < -0.39 is 0 Å². The van der Waals surface area contributed by atoms with Gasteiger partial charge in [0.1, 0.15) is 4.83 Å². The van der Waals surface area contributed by atoms with Crippen LogP contribution in [0.3, 0.4) is 0 Å². The lowest BCUT2D eigenvalue weighted by molar-refractivity contribution is -0.121. The van der Waals surface area contributed by atoms with E-state index >= 15 is 0 Å². The smallest absolute Gasteiger partial charge is 0.263 e. The van der Waals surface area contributed by atoms with Gasteiger partial charge in [0, 0.05) is 17.5 Å². The highest BCUT2D eigenvalue weighted by Gasteiger charge is 2.26. The summed E-state index contributed by atoms with van der Waals surface area (Å²) in [5.74, 6) is 0.0338. The average molecular weight is 464 g/mol. The molecule has 1 aliphatic carbocycles. The van der Waals surface area contributed by atoms with Gasteiger partial charge in [-0.3, -0.25) is 14.2 Å². The van der Waals surface area contributed by atoms with Crippen LogP contribution in [0.1, 0.15) is 69.2 Å². The number of rotatable bonds is 7. The summed E-state index contributed by atoms with van der Waals surface area (Å²) in [4.78, 5) is 33.2. The van der Waals surface area contributed by atoms with Crippen LogP contribution >= 0.6 is 23.1 Å². The van der Waals surface area contributed by atoms with Gasteiger partial charge in [-0.2, -0.15) is 0 Å². The van der Waals surface area contributed by atoms with Crippen molar-refractivity contribution in [1.29, 1.82) is 0 Å². The van der Waals surface area contributed by atoms with E-state index in [4.69, 9.17) is 9.72 Å². The first-order chi connectivity index (χ1) is 15.0. The fraction of sp³-hybridized carbons (Fsp3) is 0.696. The number of aryl methyl sites for hydroxylation is 2. The average Bonchev–Trinajstić information content (AvgIpc) is 3.38. The number of nitrogens with one attached hydrogen (secondary N) is 1. The zero-order valence-corrected chi connectivity index (χ0v) is 20.4. The summed E-state index contributed by atoms with van der Waals surface area (Å²) in [5, 5.41) is 4.27. The molecule has 0 unspecified atom stereocenters. The van der Waals surface area contributed by atoms with Crippen molar-refractivity contribution in [3.63, 3.8) is 0 Å². The molecule has 2 fully saturated rings. The van der Waals surface area contributed by atoms with Gasteiger partial charge in [0.25, 0.3) is 5.56 Å². The lowest BCUT2D eigenvalue weighted by atomic mass is 9.95. The molecule has 2 atom stereocenters. The van der Waals surface area contributed by atoms with Gasteiger partial charge in [0.05, 0.1) is 23.3 Å². The first-order valence-corrected chi connectivity index (χ1v) is 13.3. The normalized spacial score (nSPS) is 20.9. The molecule has 0 spiro atoms. The number of nitrogens with zero attached hydrogens (tertiary/aromatic N) is 2. The maximum atomic E-state index is 13.6. The van der Waals surface area contributed by atoms with Gasteiger partial charge in [0.2, 0.25) is 5.91 Å². The topological polar surface area (TPSA) is 73.2 Å². The van der Waals surface area contributed by atoms with Crippen molar-refractivity contribution in [3.8, 4) is 0 Å². The van der Waals surface area contributed by atoms with Gasteiger partial charge >= 0.3 is 0 Å². The zero-order valence-electron chi connectivity index (χ0n) is 18.7. The number of thiophene rings is 1. The molecule has 3 heterocycles. The highest BCUT2D eigenvalue weighted by atomic mass is 32.2. The standard InChI is InChI=1S/C23H33N3O3S2/c1-4-18-14(2)30-21-19(18)22(28)26(13-17-11-8-12-29-17)23(25-21)31-15(3)20(27)24-16-9-6-5-7-10-16/h15-17H,4-13H2,1-3H3,(H,24,27)/t15-,17-/m1/s1. The molecule has 0 aromatic carbocycles. The number of ether oxygens (including phenoxy) is 1. The molecule has 1 aliphatic heterocycles. The van der Waals surface area contributed by atoms with Crippen LogP contribution in [-0.4, -0.2) is 39.5 Å². The van der Waals surface area contributed by atoms with E-state index in [2.05, 4.69) is 19.2 Å². The second-order valence-corrected chi connectivity index (χ2v) is 11.2. The summed E-state index contributed by atoms with van der Waals surface area (Å²) in [6.45, 7) is 7.29. The molecule has 8 heteroatoms. The van der Waals surface area contributed by atoms with Gasteiger partial charge in [0.15, 0.2) is 5.16 Å². The summed E-state index contributed by atoms with van der Waals surface area (Å²) in [6.07, 6.45) is 8.58. The lowest BCUT2D eigenvalue weighted by Crippen LogP contribution is -2.40. The number of hydrogen-bond acceptors (Lipinski definition) is 6. The van der Waals surface area contributed by atoms with Crippen LogP contribution in [0.25, 0.3) is 10.2 Å². The first-order valence-electron chi connectivity index (χ1n) is 11.6. The Bertz CT molecular complexity index is 988. The molecule has 1 saturated heterocycles. The van der Waals surface area contributed by atoms with E-state index in [1.807, 2.05) is 6.92 Å². The molecule has 6 nitrogen and oxygen atoms in total. The second kappa shape index (κ2) is 10.0. The minimum absolute atomic E-state index is 0.00379. The van der Waals surface area contributed by atoms with Gasteiger partial charge in [-0.1, -0.05) is 37.9 Å². The molecular weight excluding hydrogens is 430 g/mol. The van der Waals surface area contributed by atoms with E-state index in [0.717, 1.165) is 59.4 Å². The van der Waals surface area contributed by atoms with Crippen molar-refractivity contribution in [2.75, 3.05) is 6.61 Å². The van der Waals surface area contributed by atoms with Crippen molar-refractivity contribution in [2.45, 2.75) is 101 Å². The molecule has 2 aliphatic rings. The summed E-state index contributed by atoms with van der Waals surface area (Å²) in [7, 11) is 0. The Balaban J connectivity index is 1.62. The Hall–Kier alpha value is -1.38. The van der Waals surface area contributed by atoms with Gasteiger partial charge < -0.3 is 10.1 Å². The van der Waals surface area contributed by atoms with Crippen molar-refractivity contribution in [1.82, 2.24) is 14.9 Å². The van der Waals surface area contributed by atoms with E-state index in [1.54, 1.807) is 15.9 Å². The number of hydrogen-bond donors (Lipinski definition) is 1. The van der Waals surface area contributed by atoms with E-state index in [0.29, 0.717) is 11.7 Å². The third-order valence-corrected chi connectivity index (χ3v) is 8.58. The highest BCUT2D eigenvalue weighted by molar-refractivity contribution is 8.00. The lowest BCUT2D eigenvalue weighted by Gasteiger charge is -2.24.